The molecule has 2 aromatic heterocycles. The number of nitrogens with two attached hydrogens (primary N) is 1. The van der Waals surface area contributed by atoms with Crippen LogP contribution in [0.4, 0.5) is 5.82 Å². The molecule has 168 valence electrons. The summed E-state index contributed by atoms with van der Waals surface area (Å²) >= 11 is 0. The van der Waals surface area contributed by atoms with E-state index in [1.54, 1.807) is 6.07 Å². The van der Waals surface area contributed by atoms with Gasteiger partial charge in [0.25, 0.3) is 0 Å². The highest BCUT2D eigenvalue weighted by molar-refractivity contribution is 6.06. The highest BCUT2D eigenvalue weighted by Crippen LogP contribution is 2.30. The van der Waals surface area contributed by atoms with E-state index in [0.29, 0.717) is 24.1 Å². The molecule has 0 fully saturated rings. The fourth-order valence-corrected chi connectivity index (χ4v) is 4.58. The van der Waals surface area contributed by atoms with Crippen molar-refractivity contribution < 1.29 is 4.79 Å². The molecule has 0 saturated carbocycles. The molecule has 33 heavy (non-hydrogen) atoms. The normalized spacial score (nSPS) is 16.0. The molecule has 0 radical (unpaired) electrons. The minimum absolute atomic E-state index is 0.413. The van der Waals surface area contributed by atoms with Gasteiger partial charge in [0.1, 0.15) is 5.82 Å². The van der Waals surface area contributed by atoms with Crippen LogP contribution in [-0.2, 0) is 19.5 Å². The maximum atomic E-state index is 12.0. The van der Waals surface area contributed by atoms with E-state index in [1.165, 1.54) is 11.1 Å². The first kappa shape index (κ1) is 21.2. The van der Waals surface area contributed by atoms with Crippen LogP contribution in [0.3, 0.4) is 0 Å². The largest absolute Gasteiger partial charge is 0.366 e. The Morgan fingerprint density at radius 1 is 1.15 bits per heavy atom. The predicted molar refractivity (Wildman–Crippen MR) is 131 cm³/mol. The van der Waals surface area contributed by atoms with Crippen LogP contribution in [0.5, 0.6) is 0 Å². The van der Waals surface area contributed by atoms with Gasteiger partial charge in [0.15, 0.2) is 0 Å². The van der Waals surface area contributed by atoms with Crippen LogP contribution in [0, 0.1) is 6.92 Å². The smallest absolute Gasteiger partial charge is 0.249 e. The van der Waals surface area contributed by atoms with Gasteiger partial charge in [-0.05, 0) is 51.1 Å². The Hall–Kier alpha value is -3.71. The predicted octanol–water partition coefficient (Wildman–Crippen LogP) is 3.82. The molecule has 0 saturated heterocycles. The molecular weight excluding hydrogens is 412 g/mol. The summed E-state index contributed by atoms with van der Waals surface area (Å²) in [7, 11) is 2.13. The van der Waals surface area contributed by atoms with Gasteiger partial charge in [-0.25, -0.2) is 4.98 Å². The van der Waals surface area contributed by atoms with Crippen molar-refractivity contribution >= 4 is 22.6 Å². The van der Waals surface area contributed by atoms with Gasteiger partial charge in [-0.1, -0.05) is 36.4 Å². The van der Waals surface area contributed by atoms with E-state index in [4.69, 9.17) is 15.7 Å². The number of hydrogen-bond acceptors (Lipinski definition) is 5. The first-order valence-corrected chi connectivity index (χ1v) is 11.2. The summed E-state index contributed by atoms with van der Waals surface area (Å²) in [6, 6.07) is 18.3. The van der Waals surface area contributed by atoms with Crippen molar-refractivity contribution in [3.8, 4) is 5.95 Å². The molecule has 4 aromatic rings. The number of nitrogens with one attached hydrogen (secondary N) is 1. The summed E-state index contributed by atoms with van der Waals surface area (Å²) in [6.07, 6.45) is 0.889. The van der Waals surface area contributed by atoms with Gasteiger partial charge in [-0.3, -0.25) is 14.3 Å². The topological polar surface area (TPSA) is 89.1 Å². The number of carbonyl (C=O) groups is 1. The molecule has 1 amide bonds. The van der Waals surface area contributed by atoms with Crippen LogP contribution >= 0.6 is 0 Å². The van der Waals surface area contributed by atoms with Gasteiger partial charge < -0.3 is 11.1 Å². The van der Waals surface area contributed by atoms with E-state index in [0.717, 1.165) is 41.1 Å². The quantitative estimate of drug-likeness (QED) is 0.493. The summed E-state index contributed by atoms with van der Waals surface area (Å²) in [5.41, 5.74) is 11.3. The second-order valence-electron chi connectivity index (χ2n) is 8.83. The van der Waals surface area contributed by atoms with Gasteiger partial charge in [0.05, 0.1) is 11.2 Å². The van der Waals surface area contributed by atoms with Crippen molar-refractivity contribution in [3.05, 3.63) is 82.7 Å². The molecule has 2 aromatic carbocycles. The van der Waals surface area contributed by atoms with Crippen LogP contribution in [0.25, 0.3) is 16.9 Å². The standard InChI is InChI=1S/C26H28N6O/c1-16-12-21-22(15-31(16)3)29-26(30-25(21)28-14-18-8-5-4-6-9-18)32-17(2)13-20-19(24(27)33)10-7-11-23(20)32/h4-11,13,16H,12,14-15H2,1-3H3,(H2,27,33)(H,28,29,30). The van der Waals surface area contributed by atoms with Gasteiger partial charge in [-0.2, -0.15) is 4.98 Å². The van der Waals surface area contributed by atoms with E-state index in [2.05, 4.69) is 36.3 Å². The third-order valence-corrected chi connectivity index (χ3v) is 6.53. The van der Waals surface area contributed by atoms with Crippen LogP contribution in [0.2, 0.25) is 0 Å². The number of carbonyl (C=O) groups excluding carboxylic acids is 1. The lowest BCUT2D eigenvalue weighted by Gasteiger charge is -2.32. The van der Waals surface area contributed by atoms with Crippen LogP contribution in [-0.4, -0.2) is 38.4 Å². The second-order valence-corrected chi connectivity index (χ2v) is 8.83. The molecule has 3 heterocycles. The number of aryl methyl sites for hydroxylation is 1. The molecular formula is C26H28N6O. The zero-order valence-electron chi connectivity index (χ0n) is 19.2. The summed E-state index contributed by atoms with van der Waals surface area (Å²) in [6.45, 7) is 5.67. The third kappa shape index (κ3) is 3.85. The second kappa shape index (κ2) is 8.33. The lowest BCUT2D eigenvalue weighted by atomic mass is 9.99. The fourth-order valence-electron chi connectivity index (χ4n) is 4.58. The van der Waals surface area contributed by atoms with E-state index < -0.39 is 5.91 Å². The maximum absolute atomic E-state index is 12.0. The number of likely N-dealkylation sites (N-methyl/N-ethyl adjacent to an activating group) is 1. The molecule has 1 aliphatic rings. The molecule has 7 nitrogen and oxygen atoms in total. The zero-order valence-corrected chi connectivity index (χ0v) is 19.2. The fraction of sp³-hybridized carbons (Fsp3) is 0.269. The number of hydrogen-bond donors (Lipinski definition) is 2. The van der Waals surface area contributed by atoms with Gasteiger partial charge in [-0.15, -0.1) is 0 Å². The molecule has 1 atom stereocenters. The molecule has 3 N–H and O–H groups in total. The summed E-state index contributed by atoms with van der Waals surface area (Å²) in [5.74, 6) is 1.03. The van der Waals surface area contributed by atoms with Crippen LogP contribution < -0.4 is 11.1 Å². The number of fused-ring (bicyclic) bond motifs is 2. The number of amides is 1. The average Bonchev–Trinajstić information content (AvgIpc) is 3.14. The summed E-state index contributed by atoms with van der Waals surface area (Å²) in [5, 5.41) is 4.38. The van der Waals surface area contributed by atoms with Crippen molar-refractivity contribution in [3.63, 3.8) is 0 Å². The van der Waals surface area contributed by atoms with E-state index in [9.17, 15) is 4.79 Å². The van der Waals surface area contributed by atoms with E-state index in [-0.39, 0.29) is 0 Å². The van der Waals surface area contributed by atoms with Crippen molar-refractivity contribution in [2.45, 2.75) is 39.4 Å². The van der Waals surface area contributed by atoms with E-state index in [1.807, 2.05) is 47.9 Å². The van der Waals surface area contributed by atoms with Crippen molar-refractivity contribution in [2.75, 3.05) is 12.4 Å². The minimum Gasteiger partial charge on any atom is -0.366 e. The lowest BCUT2D eigenvalue weighted by Crippen LogP contribution is -2.36. The molecule has 7 heteroatoms. The Morgan fingerprint density at radius 2 is 1.94 bits per heavy atom. The lowest BCUT2D eigenvalue weighted by molar-refractivity contribution is 0.100. The van der Waals surface area contributed by atoms with Crippen molar-refractivity contribution in [2.24, 2.45) is 5.73 Å². The highest BCUT2D eigenvalue weighted by atomic mass is 16.1. The number of primary amides is 1. The number of aromatic nitrogens is 3. The Balaban J connectivity index is 1.64. The number of rotatable bonds is 5. The minimum atomic E-state index is -0.440. The Labute approximate surface area is 193 Å². The molecule has 1 unspecified atom stereocenters. The van der Waals surface area contributed by atoms with E-state index >= 15 is 0 Å². The third-order valence-electron chi connectivity index (χ3n) is 6.53. The highest BCUT2D eigenvalue weighted by Gasteiger charge is 2.26. The number of nitrogens with zero attached hydrogens (tertiary/aromatic N) is 4. The average molecular weight is 441 g/mol. The summed E-state index contributed by atoms with van der Waals surface area (Å²) in [4.78, 5) is 24.3. The zero-order chi connectivity index (χ0) is 23.1. The molecule has 1 aliphatic heterocycles. The maximum Gasteiger partial charge on any atom is 0.249 e. The number of anilines is 1. The first-order chi connectivity index (χ1) is 15.9. The van der Waals surface area contributed by atoms with Crippen LogP contribution in [0.1, 0.15) is 39.8 Å². The number of benzene rings is 2. The van der Waals surface area contributed by atoms with Gasteiger partial charge in [0.2, 0.25) is 11.9 Å². The van der Waals surface area contributed by atoms with Gasteiger partial charge in [0, 0.05) is 41.3 Å². The Kier molecular flexibility index (Phi) is 5.34. The van der Waals surface area contributed by atoms with Gasteiger partial charge >= 0.3 is 0 Å². The molecule has 0 bridgehead atoms. The Morgan fingerprint density at radius 3 is 2.70 bits per heavy atom. The molecule has 0 spiro atoms. The monoisotopic (exact) mass is 440 g/mol. The van der Waals surface area contributed by atoms with Crippen molar-refractivity contribution in [1.29, 1.82) is 0 Å². The SMILES string of the molecule is Cc1cc2c(C(N)=O)cccc2n1-c1nc2c(c(NCc3ccccc3)n1)CC(C)N(C)C2. The molecule has 0 aliphatic carbocycles. The van der Waals surface area contributed by atoms with Crippen LogP contribution in [0.15, 0.2) is 54.6 Å². The summed E-state index contributed by atoms with van der Waals surface area (Å²) < 4.78 is 2.01. The van der Waals surface area contributed by atoms with Crippen molar-refractivity contribution in [1.82, 2.24) is 19.4 Å². The molecule has 5 rings (SSSR count). The first-order valence-electron chi connectivity index (χ1n) is 11.2. The Bertz CT molecular complexity index is 1340.